The Morgan fingerprint density at radius 3 is 2.54 bits per heavy atom. The minimum Gasteiger partial charge on any atom is -0.462 e. The zero-order valence-electron chi connectivity index (χ0n) is 7.79. The number of amides is 1. The van der Waals surface area contributed by atoms with E-state index in [1.807, 2.05) is 0 Å². The maximum absolute atomic E-state index is 11.2. The molecule has 5 heteroatoms. The molecule has 0 saturated carbocycles. The van der Waals surface area contributed by atoms with Crippen LogP contribution in [-0.2, 0) is 19.1 Å². The third-order valence-corrected chi connectivity index (χ3v) is 1.13. The SMILES string of the molecule is CC(C)(C)OC(=O)C1=NC(=O)CO1. The normalized spacial score (nSPS) is 16.5. The van der Waals surface area contributed by atoms with Crippen LogP contribution in [0.4, 0.5) is 0 Å². The highest BCUT2D eigenvalue weighted by atomic mass is 16.6. The Balaban J connectivity index is 2.59. The highest BCUT2D eigenvalue weighted by Crippen LogP contribution is 2.09. The summed E-state index contributed by atoms with van der Waals surface area (Å²) in [4.78, 5) is 25.1. The molecule has 0 spiro atoms. The average Bonchev–Trinajstić information content (AvgIpc) is 2.31. The van der Waals surface area contributed by atoms with Gasteiger partial charge in [-0.1, -0.05) is 0 Å². The van der Waals surface area contributed by atoms with Gasteiger partial charge in [0.1, 0.15) is 5.60 Å². The van der Waals surface area contributed by atoms with E-state index >= 15 is 0 Å². The number of aliphatic imine (C=N–C) groups is 1. The van der Waals surface area contributed by atoms with Gasteiger partial charge in [-0.3, -0.25) is 4.79 Å². The molecule has 0 fully saturated rings. The van der Waals surface area contributed by atoms with E-state index in [2.05, 4.69) is 4.99 Å². The number of nitrogens with zero attached hydrogens (tertiary/aromatic N) is 1. The Labute approximate surface area is 75.7 Å². The van der Waals surface area contributed by atoms with Crippen molar-refractivity contribution in [3.8, 4) is 0 Å². The van der Waals surface area contributed by atoms with Gasteiger partial charge in [-0.25, -0.2) is 4.79 Å². The lowest BCUT2D eigenvalue weighted by molar-refractivity contribution is -0.147. The first kappa shape index (κ1) is 9.70. The summed E-state index contributed by atoms with van der Waals surface area (Å²) >= 11 is 0. The van der Waals surface area contributed by atoms with Crippen molar-refractivity contribution in [1.82, 2.24) is 0 Å². The summed E-state index contributed by atoms with van der Waals surface area (Å²) in [6, 6.07) is 0. The molecule has 0 unspecified atom stereocenters. The Bertz CT molecular complexity index is 274. The highest BCUT2D eigenvalue weighted by Gasteiger charge is 2.27. The second-order valence-electron chi connectivity index (χ2n) is 3.60. The summed E-state index contributed by atoms with van der Waals surface area (Å²) in [6.45, 7) is 5.00. The quantitative estimate of drug-likeness (QED) is 0.550. The molecule has 5 nitrogen and oxygen atoms in total. The fraction of sp³-hybridized carbons (Fsp3) is 0.625. The number of ether oxygens (including phenoxy) is 2. The van der Waals surface area contributed by atoms with E-state index < -0.39 is 17.5 Å². The molecule has 0 aliphatic carbocycles. The first-order valence-electron chi connectivity index (χ1n) is 3.86. The van der Waals surface area contributed by atoms with Crippen molar-refractivity contribution in [2.75, 3.05) is 6.61 Å². The van der Waals surface area contributed by atoms with Gasteiger partial charge < -0.3 is 9.47 Å². The summed E-state index contributed by atoms with van der Waals surface area (Å²) in [5, 5.41) is 0. The van der Waals surface area contributed by atoms with E-state index in [1.165, 1.54) is 0 Å². The lowest BCUT2D eigenvalue weighted by Crippen LogP contribution is -2.29. The van der Waals surface area contributed by atoms with Crippen LogP contribution in [0.2, 0.25) is 0 Å². The molecule has 0 atom stereocenters. The van der Waals surface area contributed by atoms with Crippen LogP contribution >= 0.6 is 0 Å². The Kier molecular flexibility index (Phi) is 2.36. The van der Waals surface area contributed by atoms with E-state index in [4.69, 9.17) is 9.47 Å². The largest absolute Gasteiger partial charge is 0.462 e. The molecule has 0 N–H and O–H groups in total. The van der Waals surface area contributed by atoms with Crippen LogP contribution in [0.1, 0.15) is 20.8 Å². The van der Waals surface area contributed by atoms with Gasteiger partial charge in [0.2, 0.25) is 0 Å². The summed E-state index contributed by atoms with van der Waals surface area (Å²) in [7, 11) is 0. The number of hydrogen-bond donors (Lipinski definition) is 0. The second kappa shape index (κ2) is 3.16. The van der Waals surface area contributed by atoms with Crippen LogP contribution in [0.5, 0.6) is 0 Å². The number of hydrogen-bond acceptors (Lipinski definition) is 4. The van der Waals surface area contributed by atoms with Crippen LogP contribution < -0.4 is 0 Å². The highest BCUT2D eigenvalue weighted by molar-refractivity contribution is 6.35. The summed E-state index contributed by atoms with van der Waals surface area (Å²) in [5.74, 6) is -1.40. The van der Waals surface area contributed by atoms with Crippen LogP contribution in [0.3, 0.4) is 0 Å². The van der Waals surface area contributed by atoms with Gasteiger partial charge in [-0.05, 0) is 20.8 Å². The minimum atomic E-state index is -0.696. The molecule has 0 aromatic rings. The monoisotopic (exact) mass is 185 g/mol. The molecule has 1 aliphatic rings. The lowest BCUT2D eigenvalue weighted by Gasteiger charge is -2.18. The Morgan fingerprint density at radius 1 is 1.54 bits per heavy atom. The molecule has 1 aliphatic heterocycles. The van der Waals surface area contributed by atoms with Crippen molar-refractivity contribution in [2.24, 2.45) is 4.99 Å². The molecule has 13 heavy (non-hydrogen) atoms. The summed E-state index contributed by atoms with van der Waals surface area (Å²) in [6.07, 6.45) is 0. The number of esters is 1. The van der Waals surface area contributed by atoms with Crippen molar-refractivity contribution in [2.45, 2.75) is 26.4 Å². The van der Waals surface area contributed by atoms with E-state index in [0.29, 0.717) is 0 Å². The maximum atomic E-state index is 11.2. The molecular formula is C8H11NO4. The Morgan fingerprint density at radius 2 is 2.15 bits per heavy atom. The fourth-order valence-corrected chi connectivity index (χ4v) is 0.734. The molecule has 0 bridgehead atoms. The minimum absolute atomic E-state index is 0.172. The van der Waals surface area contributed by atoms with Gasteiger partial charge in [0.05, 0.1) is 0 Å². The van der Waals surface area contributed by atoms with Gasteiger partial charge in [0, 0.05) is 0 Å². The van der Waals surface area contributed by atoms with Crippen molar-refractivity contribution >= 4 is 17.8 Å². The number of carbonyl (C=O) groups is 2. The van der Waals surface area contributed by atoms with Crippen molar-refractivity contribution in [3.63, 3.8) is 0 Å². The molecule has 1 heterocycles. The van der Waals surface area contributed by atoms with Crippen molar-refractivity contribution in [1.29, 1.82) is 0 Å². The first-order valence-corrected chi connectivity index (χ1v) is 3.86. The van der Waals surface area contributed by atoms with Crippen LogP contribution in [0.15, 0.2) is 4.99 Å². The van der Waals surface area contributed by atoms with Crippen LogP contribution in [0.25, 0.3) is 0 Å². The van der Waals surface area contributed by atoms with E-state index in [1.54, 1.807) is 20.8 Å². The zero-order chi connectivity index (χ0) is 10.1. The van der Waals surface area contributed by atoms with E-state index in [9.17, 15) is 9.59 Å². The smallest absolute Gasteiger partial charge is 0.394 e. The van der Waals surface area contributed by atoms with Gasteiger partial charge in [0.15, 0.2) is 6.61 Å². The molecule has 0 radical (unpaired) electrons. The molecule has 72 valence electrons. The van der Waals surface area contributed by atoms with E-state index in [0.717, 1.165) is 0 Å². The second-order valence-corrected chi connectivity index (χ2v) is 3.60. The number of carbonyl (C=O) groups excluding carboxylic acids is 2. The molecule has 1 rings (SSSR count). The molecule has 1 amide bonds. The van der Waals surface area contributed by atoms with Crippen LogP contribution in [0, 0.1) is 0 Å². The Hall–Kier alpha value is -1.39. The fourth-order valence-electron chi connectivity index (χ4n) is 0.734. The van der Waals surface area contributed by atoms with Crippen molar-refractivity contribution < 1.29 is 19.1 Å². The topological polar surface area (TPSA) is 65.0 Å². The predicted molar refractivity (Wildman–Crippen MR) is 44.2 cm³/mol. The predicted octanol–water partition coefficient (Wildman–Crippen LogP) is 0.283. The number of rotatable bonds is 1. The molecule has 0 aromatic carbocycles. The maximum Gasteiger partial charge on any atom is 0.394 e. The average molecular weight is 185 g/mol. The van der Waals surface area contributed by atoms with Gasteiger partial charge in [-0.2, -0.15) is 4.99 Å². The molecular weight excluding hydrogens is 174 g/mol. The van der Waals surface area contributed by atoms with Gasteiger partial charge >= 0.3 is 11.9 Å². The summed E-state index contributed by atoms with van der Waals surface area (Å²) < 4.78 is 9.62. The molecule has 0 aromatic heterocycles. The van der Waals surface area contributed by atoms with Gasteiger partial charge in [0.25, 0.3) is 5.91 Å². The zero-order valence-corrected chi connectivity index (χ0v) is 7.79. The molecule has 0 saturated heterocycles. The van der Waals surface area contributed by atoms with E-state index in [-0.39, 0.29) is 12.5 Å². The van der Waals surface area contributed by atoms with Crippen molar-refractivity contribution in [3.05, 3.63) is 0 Å². The standard InChI is InChI=1S/C8H11NO4/c1-8(2,3)13-7(11)6-9-5(10)4-12-6/h4H2,1-3H3. The third kappa shape index (κ3) is 2.85. The van der Waals surface area contributed by atoms with Crippen LogP contribution in [-0.4, -0.2) is 30.0 Å². The van der Waals surface area contributed by atoms with Gasteiger partial charge in [-0.15, -0.1) is 0 Å². The first-order chi connectivity index (χ1) is 5.88. The summed E-state index contributed by atoms with van der Waals surface area (Å²) in [5.41, 5.74) is -0.603. The lowest BCUT2D eigenvalue weighted by atomic mass is 10.2. The third-order valence-electron chi connectivity index (χ3n) is 1.13.